The normalized spacial score (nSPS) is 34.3. The number of methoxy groups -OCH3 is 1. The lowest BCUT2D eigenvalue weighted by molar-refractivity contribution is -0.373. The number of halogens is 6. The van der Waals surface area contributed by atoms with Crippen LogP contribution < -0.4 is 0 Å². The van der Waals surface area contributed by atoms with Gasteiger partial charge >= 0.3 is 24.3 Å². The van der Waals surface area contributed by atoms with Crippen LogP contribution in [0.4, 0.5) is 26.3 Å². The quantitative estimate of drug-likeness (QED) is 0.219. The number of fused-ring (bicyclic) bond motifs is 2. The topological polar surface area (TPSA) is 72.8 Å². The van der Waals surface area contributed by atoms with Crippen LogP contribution >= 0.6 is 0 Å². The average molecular weight is 657 g/mol. The summed E-state index contributed by atoms with van der Waals surface area (Å²) >= 11 is 0. The Morgan fingerprint density at radius 1 is 0.844 bits per heavy atom. The SMILES string of the molecule is CCC(C)(C)C(=O)OC1(C)C2CC3CC(C2)CC1C3.CCC(C)C(=O)OC.OC(CC1CC2CCC1C2)(C(F)(F)F)C(F)(F)F. The van der Waals surface area contributed by atoms with E-state index in [2.05, 4.69) is 18.6 Å². The molecule has 0 saturated heterocycles. The number of hydrogen-bond donors (Lipinski definition) is 1. The van der Waals surface area contributed by atoms with Crippen molar-refractivity contribution in [2.45, 2.75) is 142 Å². The van der Waals surface area contributed by atoms with Crippen LogP contribution in [0.15, 0.2) is 0 Å². The van der Waals surface area contributed by atoms with Gasteiger partial charge in [0.15, 0.2) is 0 Å². The van der Waals surface area contributed by atoms with Crippen molar-refractivity contribution in [1.29, 1.82) is 0 Å². The van der Waals surface area contributed by atoms with Crippen molar-refractivity contribution in [3.05, 3.63) is 0 Å². The third-order valence-electron chi connectivity index (χ3n) is 12.1. The maximum atomic E-state index is 12.5. The molecular weight excluding hydrogens is 602 g/mol. The van der Waals surface area contributed by atoms with Gasteiger partial charge < -0.3 is 14.6 Å². The van der Waals surface area contributed by atoms with E-state index in [9.17, 15) is 35.9 Å². The second-order valence-electron chi connectivity index (χ2n) is 15.4. The average Bonchev–Trinajstić information content (AvgIpc) is 3.58. The van der Waals surface area contributed by atoms with Gasteiger partial charge in [-0.25, -0.2) is 0 Å². The molecule has 0 radical (unpaired) electrons. The lowest BCUT2D eigenvalue weighted by Gasteiger charge is -2.59. The lowest BCUT2D eigenvalue weighted by Crippen LogP contribution is -2.58. The van der Waals surface area contributed by atoms with Crippen LogP contribution in [0.2, 0.25) is 0 Å². The first kappa shape index (κ1) is 37.9. The van der Waals surface area contributed by atoms with Crippen LogP contribution in [0.1, 0.15) is 119 Å². The number of rotatable bonds is 7. The van der Waals surface area contributed by atoms with E-state index >= 15 is 0 Å². The number of carbonyl (C=O) groups is 2. The fourth-order valence-electron chi connectivity index (χ4n) is 8.53. The molecule has 6 saturated carbocycles. The van der Waals surface area contributed by atoms with Crippen molar-refractivity contribution in [2.24, 2.45) is 52.8 Å². The number of alkyl halides is 6. The van der Waals surface area contributed by atoms with E-state index in [1.165, 1.54) is 39.2 Å². The number of aliphatic hydroxyl groups is 1. The lowest BCUT2D eigenvalue weighted by atomic mass is 9.50. The summed E-state index contributed by atoms with van der Waals surface area (Å²) in [7, 11) is 1.41. The van der Waals surface area contributed by atoms with E-state index in [0.717, 1.165) is 31.1 Å². The molecule has 6 fully saturated rings. The van der Waals surface area contributed by atoms with Crippen molar-refractivity contribution in [1.82, 2.24) is 0 Å². The molecule has 11 heteroatoms. The Balaban J connectivity index is 0.000000200. The Labute approximate surface area is 264 Å². The van der Waals surface area contributed by atoms with Gasteiger partial charge in [0.1, 0.15) is 5.60 Å². The first-order valence-corrected chi connectivity index (χ1v) is 16.8. The smallest absolute Gasteiger partial charge is 0.426 e. The van der Waals surface area contributed by atoms with E-state index in [1.807, 2.05) is 27.7 Å². The van der Waals surface area contributed by atoms with Gasteiger partial charge in [0.2, 0.25) is 0 Å². The van der Waals surface area contributed by atoms with E-state index in [-0.39, 0.29) is 40.7 Å². The summed E-state index contributed by atoms with van der Waals surface area (Å²) in [6.07, 6.45) is -1.62. The van der Waals surface area contributed by atoms with Gasteiger partial charge in [0.05, 0.1) is 18.4 Å². The maximum absolute atomic E-state index is 12.5. The van der Waals surface area contributed by atoms with Crippen LogP contribution in [0.5, 0.6) is 0 Å². The monoisotopic (exact) mass is 656 g/mol. The highest BCUT2D eigenvalue weighted by Crippen LogP contribution is 2.60. The van der Waals surface area contributed by atoms with Gasteiger partial charge in [-0.3, -0.25) is 9.59 Å². The molecule has 6 aliphatic rings. The second kappa shape index (κ2) is 13.9. The minimum Gasteiger partial charge on any atom is -0.469 e. The Morgan fingerprint density at radius 2 is 1.36 bits per heavy atom. The molecule has 0 heterocycles. The molecule has 0 aliphatic heterocycles. The van der Waals surface area contributed by atoms with Gasteiger partial charge in [-0.2, -0.15) is 26.3 Å². The largest absolute Gasteiger partial charge is 0.469 e. The van der Waals surface area contributed by atoms with Crippen LogP contribution in [0.25, 0.3) is 0 Å². The molecule has 0 aromatic heterocycles. The highest BCUT2D eigenvalue weighted by molar-refractivity contribution is 5.76. The van der Waals surface area contributed by atoms with Crippen LogP contribution in [-0.4, -0.2) is 47.7 Å². The van der Waals surface area contributed by atoms with Crippen molar-refractivity contribution in [2.75, 3.05) is 7.11 Å². The van der Waals surface area contributed by atoms with E-state index in [4.69, 9.17) is 9.84 Å². The van der Waals surface area contributed by atoms with E-state index < -0.39 is 30.3 Å². The number of carbonyl (C=O) groups excluding carboxylic acids is 2. The fraction of sp³-hybridized carbons (Fsp3) is 0.941. The first-order valence-electron chi connectivity index (χ1n) is 16.8. The predicted molar refractivity (Wildman–Crippen MR) is 158 cm³/mol. The van der Waals surface area contributed by atoms with Gasteiger partial charge in [-0.05, 0) is 133 Å². The van der Waals surface area contributed by atoms with E-state index in [1.54, 1.807) is 0 Å². The van der Waals surface area contributed by atoms with Crippen molar-refractivity contribution >= 4 is 11.9 Å². The molecule has 0 aromatic rings. The fourth-order valence-corrected chi connectivity index (χ4v) is 8.53. The highest BCUT2D eigenvalue weighted by atomic mass is 19.4. The Kier molecular flexibility index (Phi) is 11.7. The predicted octanol–water partition coefficient (Wildman–Crippen LogP) is 9.05. The van der Waals surface area contributed by atoms with Crippen LogP contribution in [-0.2, 0) is 19.1 Å². The molecule has 0 aromatic carbocycles. The number of hydrogen-bond acceptors (Lipinski definition) is 5. The molecule has 6 bridgehead atoms. The Hall–Kier alpha value is -1.52. The third kappa shape index (κ3) is 8.14. The summed E-state index contributed by atoms with van der Waals surface area (Å²) in [6, 6.07) is 0. The summed E-state index contributed by atoms with van der Waals surface area (Å²) in [6.45, 7) is 12.1. The Morgan fingerprint density at radius 3 is 1.69 bits per heavy atom. The van der Waals surface area contributed by atoms with Gasteiger partial charge in [-0.15, -0.1) is 0 Å². The zero-order chi connectivity index (χ0) is 34.2. The molecule has 4 atom stereocenters. The van der Waals surface area contributed by atoms with Crippen molar-refractivity contribution in [3.63, 3.8) is 0 Å². The van der Waals surface area contributed by atoms with Crippen LogP contribution in [0, 0.1) is 52.8 Å². The molecule has 4 unspecified atom stereocenters. The molecule has 45 heavy (non-hydrogen) atoms. The molecule has 0 spiro atoms. The maximum Gasteiger partial charge on any atom is 0.426 e. The minimum absolute atomic E-state index is 0.0185. The van der Waals surface area contributed by atoms with Crippen molar-refractivity contribution < 1.29 is 50.5 Å². The van der Waals surface area contributed by atoms with Gasteiger partial charge in [-0.1, -0.05) is 27.2 Å². The zero-order valence-electron chi connectivity index (χ0n) is 28.0. The molecular formula is C34H54F6O5. The van der Waals surface area contributed by atoms with Crippen molar-refractivity contribution in [3.8, 4) is 0 Å². The Bertz CT molecular complexity index is 980. The molecule has 0 amide bonds. The molecule has 1 N–H and O–H groups in total. The second-order valence-corrected chi connectivity index (χ2v) is 15.4. The summed E-state index contributed by atoms with van der Waals surface area (Å²) in [4.78, 5) is 23.0. The highest BCUT2D eigenvalue weighted by Gasteiger charge is 2.71. The van der Waals surface area contributed by atoms with Gasteiger partial charge in [0.25, 0.3) is 5.60 Å². The molecule has 5 nitrogen and oxygen atoms in total. The standard InChI is InChI=1S/C17H28O2.C11H14F6O.C6H12O2/c1-5-16(2,3)15(18)19-17(4)13-7-11-6-12(9-13)10-14(17)8-11;12-10(13,14)9(18,11(15,16)17)5-8-4-6-1-2-7(8)3-6;1-4-5(2)6(7)8-3/h11-14H,5-10H2,1-4H3;6-8,18H,1-5H2;5H,4H2,1-3H3. The molecule has 6 aliphatic carbocycles. The molecule has 262 valence electrons. The summed E-state index contributed by atoms with van der Waals surface area (Å²) < 4.78 is 85.8. The van der Waals surface area contributed by atoms with E-state index in [0.29, 0.717) is 31.1 Å². The third-order valence-corrected chi connectivity index (χ3v) is 12.1. The zero-order valence-corrected chi connectivity index (χ0v) is 28.0. The molecule has 6 rings (SSSR count). The number of esters is 2. The summed E-state index contributed by atoms with van der Waals surface area (Å²) in [5, 5.41) is 9.12. The summed E-state index contributed by atoms with van der Waals surface area (Å²) in [5.41, 5.74) is -5.07. The summed E-state index contributed by atoms with van der Waals surface area (Å²) in [5.74, 6) is 2.54. The number of ether oxygens (including phenoxy) is 2. The minimum atomic E-state index is -5.67. The van der Waals surface area contributed by atoms with Crippen LogP contribution in [0.3, 0.4) is 0 Å². The first-order chi connectivity index (χ1) is 20.6. The van der Waals surface area contributed by atoms with Gasteiger partial charge in [0, 0.05) is 0 Å².